The molecule has 4 aliphatic carbocycles. The maximum atomic E-state index is 13.0. The maximum Gasteiger partial charge on any atom is 0.300 e. The third-order valence-corrected chi connectivity index (χ3v) is 18.9. The van der Waals surface area contributed by atoms with Gasteiger partial charge in [0.1, 0.15) is 11.6 Å². The van der Waals surface area contributed by atoms with Gasteiger partial charge in [-0.1, -0.05) is 60.7 Å². The average Bonchev–Trinajstić information content (AvgIpc) is 4.18. The average molecular weight is 955 g/mol. The van der Waals surface area contributed by atoms with Gasteiger partial charge in [0.25, 0.3) is 11.9 Å². The molecule has 368 valence electrons. The molecule has 12 nitrogen and oxygen atoms in total. The number of hydrogen-bond acceptors (Lipinski definition) is 10. The lowest BCUT2D eigenvalue weighted by Crippen LogP contribution is -2.35. The fourth-order valence-corrected chi connectivity index (χ4v) is 11.8. The third kappa shape index (κ3) is 17.3. The monoisotopic (exact) mass is 955 g/mol. The Hall–Kier alpha value is -4.01. The van der Waals surface area contributed by atoms with Crippen LogP contribution in [-0.4, -0.2) is 77.3 Å². The summed E-state index contributed by atoms with van der Waals surface area (Å²) in [6, 6.07) is 20.3. The van der Waals surface area contributed by atoms with Crippen molar-refractivity contribution in [1.82, 2.24) is 6.15 Å². The molecule has 0 aromatic heterocycles. The molecule has 0 radical (unpaired) electrons. The van der Waals surface area contributed by atoms with E-state index in [2.05, 4.69) is 30.3 Å². The van der Waals surface area contributed by atoms with E-state index in [-0.39, 0.29) is 53.6 Å². The van der Waals surface area contributed by atoms with Crippen LogP contribution in [0.2, 0.25) is 0 Å². The fourth-order valence-electron chi connectivity index (χ4n) is 8.91. The van der Waals surface area contributed by atoms with E-state index in [1.54, 1.807) is 26.3 Å². The summed E-state index contributed by atoms with van der Waals surface area (Å²) in [5, 5.41) is 14.8. The summed E-state index contributed by atoms with van der Waals surface area (Å²) in [7, 11) is -6.16. The van der Waals surface area contributed by atoms with Gasteiger partial charge in [-0.25, -0.2) is 16.8 Å². The second-order valence-electron chi connectivity index (χ2n) is 20.9. The number of carbonyl (C=O) groups is 4. The van der Waals surface area contributed by atoms with Crippen molar-refractivity contribution in [3.05, 3.63) is 77.4 Å². The molecule has 5 N–H and O–H groups in total. The topological polar surface area (TPSA) is 224 Å². The van der Waals surface area contributed by atoms with Crippen LogP contribution in [0.15, 0.2) is 71.2 Å². The highest BCUT2D eigenvalue weighted by Gasteiger charge is 2.40. The Morgan fingerprint density at radius 2 is 1.00 bits per heavy atom. The Bertz CT molecular complexity index is 2200. The van der Waals surface area contributed by atoms with Gasteiger partial charge >= 0.3 is 0 Å². The van der Waals surface area contributed by atoms with Crippen molar-refractivity contribution in [1.29, 1.82) is 0 Å². The smallest absolute Gasteiger partial charge is 0.300 e. The minimum absolute atomic E-state index is 0. The molecular weight excluding hydrogens is 877 g/mol. The third-order valence-electron chi connectivity index (χ3n) is 13.4. The summed E-state index contributed by atoms with van der Waals surface area (Å²) in [5.41, 5.74) is 6.35. The number of allylic oxidation sites excluding steroid dienone is 1. The number of aliphatic imine (C=N–C) groups is 1. The van der Waals surface area contributed by atoms with E-state index < -0.39 is 41.1 Å². The van der Waals surface area contributed by atoms with Crippen molar-refractivity contribution in [3.63, 3.8) is 0 Å². The predicted molar refractivity (Wildman–Crippen MR) is 264 cm³/mol. The van der Waals surface area contributed by atoms with E-state index in [1.807, 2.05) is 51.1 Å². The van der Waals surface area contributed by atoms with Crippen LogP contribution in [-0.2, 0) is 38.9 Å². The normalized spacial score (nSPS) is 22.6. The lowest BCUT2D eigenvalue weighted by atomic mass is 9.77. The van der Waals surface area contributed by atoms with Crippen molar-refractivity contribution in [2.75, 3.05) is 11.5 Å². The quantitative estimate of drug-likeness (QED) is 0.171. The molecular formula is C52H78N2O10S2. The first-order chi connectivity index (χ1) is 30.3. The number of carboxylic acids is 2. The van der Waals surface area contributed by atoms with Gasteiger partial charge in [-0.2, -0.15) is 0 Å². The van der Waals surface area contributed by atoms with Gasteiger partial charge in [-0.3, -0.25) is 24.2 Å². The van der Waals surface area contributed by atoms with Crippen molar-refractivity contribution in [3.8, 4) is 0 Å². The first kappa shape index (κ1) is 56.3. The van der Waals surface area contributed by atoms with Crippen LogP contribution < -0.4 is 6.15 Å². The molecule has 5 aliphatic rings. The van der Waals surface area contributed by atoms with Gasteiger partial charge in [-0.15, -0.1) is 0 Å². The van der Waals surface area contributed by atoms with Crippen molar-refractivity contribution >= 4 is 54.6 Å². The number of hydrogen-bond donors (Lipinski definition) is 3. The molecule has 0 unspecified atom stereocenters. The van der Waals surface area contributed by atoms with Crippen LogP contribution in [0.1, 0.15) is 162 Å². The number of Topliss-reactive ketones (excluding diaryl/α,β-unsaturated/α-hetero) is 2. The van der Waals surface area contributed by atoms with Crippen LogP contribution >= 0.6 is 0 Å². The first-order valence-corrected chi connectivity index (χ1v) is 26.9. The van der Waals surface area contributed by atoms with E-state index >= 15 is 0 Å². The van der Waals surface area contributed by atoms with Crippen molar-refractivity contribution in [2.24, 2.45) is 40.5 Å². The number of benzene rings is 2. The van der Waals surface area contributed by atoms with Gasteiger partial charge in [0, 0.05) is 55.7 Å². The highest BCUT2D eigenvalue weighted by molar-refractivity contribution is 7.93. The molecule has 2 aromatic carbocycles. The summed E-state index contributed by atoms with van der Waals surface area (Å²) in [4.78, 5) is 49.0. The van der Waals surface area contributed by atoms with E-state index in [0.29, 0.717) is 17.6 Å². The van der Waals surface area contributed by atoms with Gasteiger partial charge in [0.2, 0.25) is 0 Å². The Kier molecular flexibility index (Phi) is 20.8. The van der Waals surface area contributed by atoms with Crippen LogP contribution in [0, 0.1) is 35.5 Å². The molecule has 14 heteroatoms. The summed E-state index contributed by atoms with van der Waals surface area (Å²) in [5.74, 6) is 0.769. The number of rotatable bonds is 13. The van der Waals surface area contributed by atoms with Gasteiger partial charge in [0.05, 0.1) is 26.7 Å². The van der Waals surface area contributed by atoms with Crippen LogP contribution in [0.3, 0.4) is 0 Å². The fraction of sp³-hybridized carbons (Fsp3) is 0.635. The molecule has 0 spiro atoms. The van der Waals surface area contributed by atoms with Gasteiger partial charge < -0.3 is 16.4 Å². The minimum Gasteiger partial charge on any atom is -0.481 e. The van der Waals surface area contributed by atoms with Gasteiger partial charge in [0.15, 0.2) is 19.7 Å². The molecule has 1 heterocycles. The number of sulfone groups is 2. The SMILES string of the molecule is CC(=O)O.CC(=O)O.CC(C)(C)S(=O)(=O)CC1CCC(C(=O)C[C@@H](C(=O)C2CC2)c2ccccc2)CC1.CC(C)(C)S(=O)(=O)CC1CCC(C2=NC(c3ccccc3)=C(C3CC3)C2)CC1.N. The zero-order valence-corrected chi connectivity index (χ0v) is 42.4. The number of carboxylic acid groups (broad SMARTS) is 2. The Morgan fingerprint density at radius 1 is 0.606 bits per heavy atom. The molecule has 0 saturated heterocycles. The zero-order chi connectivity index (χ0) is 48.3. The minimum atomic E-state index is -3.13. The van der Waals surface area contributed by atoms with Crippen molar-refractivity contribution in [2.45, 2.75) is 161 Å². The second-order valence-corrected chi connectivity index (χ2v) is 26.4. The summed E-state index contributed by atoms with van der Waals surface area (Å²) >= 11 is 0. The highest BCUT2D eigenvalue weighted by atomic mass is 32.2. The lowest BCUT2D eigenvalue weighted by molar-refractivity contribution is -0.135. The van der Waals surface area contributed by atoms with Crippen molar-refractivity contribution < 1.29 is 46.2 Å². The molecule has 4 fully saturated rings. The van der Waals surface area contributed by atoms with Crippen LogP contribution in [0.25, 0.3) is 5.70 Å². The number of carbonyl (C=O) groups excluding carboxylic acids is 2. The molecule has 1 aliphatic heterocycles. The molecule has 1 atom stereocenters. The van der Waals surface area contributed by atoms with Gasteiger partial charge in [-0.05, 0) is 153 Å². The summed E-state index contributed by atoms with van der Waals surface area (Å²) in [6.07, 6.45) is 13.1. The van der Waals surface area contributed by atoms with Crippen LogP contribution in [0.5, 0.6) is 0 Å². The highest BCUT2D eigenvalue weighted by Crippen LogP contribution is 2.47. The van der Waals surface area contributed by atoms with Crippen LogP contribution in [0.4, 0.5) is 0 Å². The number of ketones is 2. The molecule has 4 saturated carbocycles. The number of aliphatic carboxylic acids is 2. The zero-order valence-electron chi connectivity index (χ0n) is 40.8. The molecule has 7 rings (SSSR count). The molecule has 0 bridgehead atoms. The summed E-state index contributed by atoms with van der Waals surface area (Å²) < 4.78 is 48.7. The van der Waals surface area contributed by atoms with E-state index in [4.69, 9.17) is 24.8 Å². The molecule has 0 amide bonds. The lowest BCUT2D eigenvalue weighted by Gasteiger charge is -2.30. The standard InChI is InChI=1S/C24H33NO2S.C24H34O4S.2C2H4O2.H3N/c1-24(2,3)28(26,27)16-17-9-11-19(12-10-17)22-15-21(18-13-14-18)23(25-22)20-7-5-4-6-8-20;1-24(2,3)29(27,28)16-17-9-11-19(12-10-17)22(25)15-21(23(26)20-13-14-20)18-7-5-4-6-8-18;2*1-2(3)4;/h4-8,17-19H,9-16H2,1-3H3;4-8,17,19-21H,9-16H2,1-3H3;2*1H3,(H,3,4);1H3/t;17?,19?,21-;;;/m.1.../s1. The Labute approximate surface area is 395 Å². The Balaban J connectivity index is 0.000000298. The molecule has 2 aromatic rings. The second kappa shape index (κ2) is 24.3. The summed E-state index contributed by atoms with van der Waals surface area (Å²) in [6.45, 7) is 12.9. The first-order valence-electron chi connectivity index (χ1n) is 23.6. The molecule has 66 heavy (non-hydrogen) atoms. The maximum absolute atomic E-state index is 13.0. The van der Waals surface area contributed by atoms with E-state index in [0.717, 1.165) is 96.0 Å². The number of nitrogens with zero attached hydrogens (tertiary/aromatic N) is 1. The largest absolute Gasteiger partial charge is 0.481 e. The Morgan fingerprint density at radius 3 is 1.41 bits per heavy atom. The predicted octanol–water partition coefficient (Wildman–Crippen LogP) is 10.7. The van der Waals surface area contributed by atoms with E-state index in [9.17, 15) is 26.4 Å². The van der Waals surface area contributed by atoms with E-state index in [1.165, 1.54) is 29.8 Å².